The molecule has 0 bridgehead atoms. The first-order chi connectivity index (χ1) is 10.1. The second-order valence-electron chi connectivity index (χ2n) is 4.84. The van der Waals surface area contributed by atoms with Gasteiger partial charge in [-0.2, -0.15) is 0 Å². The summed E-state index contributed by atoms with van der Waals surface area (Å²) in [6.45, 7) is 0.260. The number of rotatable bonds is 4. The molecule has 3 rings (SSSR count). The van der Waals surface area contributed by atoms with Crippen molar-refractivity contribution < 1.29 is 12.8 Å². The molecule has 0 spiro atoms. The van der Waals surface area contributed by atoms with E-state index in [1.165, 1.54) is 0 Å². The number of nitrogens with two attached hydrogens (primary N) is 1. The van der Waals surface area contributed by atoms with Crippen LogP contribution in [0.1, 0.15) is 11.5 Å². The maximum atomic E-state index is 12.5. The maximum absolute atomic E-state index is 12.5. The Labute approximate surface area is 123 Å². The minimum Gasteiger partial charge on any atom is -0.464 e. The summed E-state index contributed by atoms with van der Waals surface area (Å²) in [4.78, 5) is 0.298. The molecule has 2 aromatic carbocycles. The Morgan fingerprint density at radius 1 is 0.905 bits per heavy atom. The van der Waals surface area contributed by atoms with Crippen molar-refractivity contribution in [2.75, 3.05) is 0 Å². The minimum absolute atomic E-state index is 0.161. The predicted molar refractivity (Wildman–Crippen MR) is 81.4 cm³/mol. The Kier molecular flexibility index (Phi) is 3.53. The average molecular weight is 301 g/mol. The van der Waals surface area contributed by atoms with Crippen LogP contribution in [0.25, 0.3) is 10.8 Å². The molecule has 3 aromatic rings. The van der Waals surface area contributed by atoms with Gasteiger partial charge in [-0.3, -0.25) is 0 Å². The molecule has 1 heterocycles. The van der Waals surface area contributed by atoms with Gasteiger partial charge in [0.25, 0.3) is 0 Å². The van der Waals surface area contributed by atoms with Crippen LogP contribution in [0.5, 0.6) is 0 Å². The van der Waals surface area contributed by atoms with Gasteiger partial charge in [-0.1, -0.05) is 30.3 Å². The second kappa shape index (κ2) is 5.35. The molecule has 108 valence electrons. The van der Waals surface area contributed by atoms with Crippen LogP contribution in [-0.2, 0) is 22.1 Å². The van der Waals surface area contributed by atoms with E-state index in [0.29, 0.717) is 16.4 Å². The maximum Gasteiger partial charge on any atom is 0.185 e. The summed E-state index contributed by atoms with van der Waals surface area (Å²) in [6.07, 6.45) is 0. The number of hydrogen-bond donors (Lipinski definition) is 1. The van der Waals surface area contributed by atoms with E-state index in [0.717, 1.165) is 10.8 Å². The summed E-state index contributed by atoms with van der Waals surface area (Å²) in [5, 5.41) is 1.92. The van der Waals surface area contributed by atoms with Gasteiger partial charge in [0, 0.05) is 0 Å². The van der Waals surface area contributed by atoms with Crippen LogP contribution >= 0.6 is 0 Å². The van der Waals surface area contributed by atoms with Gasteiger partial charge >= 0.3 is 0 Å². The van der Waals surface area contributed by atoms with Gasteiger partial charge in [-0.15, -0.1) is 0 Å². The van der Waals surface area contributed by atoms with Crippen molar-refractivity contribution in [3.05, 3.63) is 66.1 Å². The van der Waals surface area contributed by atoms with Gasteiger partial charge in [0.2, 0.25) is 0 Å². The monoisotopic (exact) mass is 301 g/mol. The summed E-state index contributed by atoms with van der Waals surface area (Å²) >= 11 is 0. The number of benzene rings is 2. The van der Waals surface area contributed by atoms with Crippen LogP contribution in [-0.4, -0.2) is 8.42 Å². The molecule has 0 amide bonds. The lowest BCUT2D eigenvalue weighted by Gasteiger charge is -2.05. The highest BCUT2D eigenvalue weighted by atomic mass is 32.2. The third kappa shape index (κ3) is 2.84. The average Bonchev–Trinajstić information content (AvgIpc) is 2.93. The minimum atomic E-state index is -3.43. The highest BCUT2D eigenvalue weighted by Gasteiger charge is 2.18. The Bertz CT molecular complexity index is 881. The molecule has 0 aliphatic heterocycles. The van der Waals surface area contributed by atoms with E-state index in [9.17, 15) is 8.42 Å². The zero-order valence-electron chi connectivity index (χ0n) is 11.3. The molecule has 5 heteroatoms. The van der Waals surface area contributed by atoms with Gasteiger partial charge in [0.15, 0.2) is 9.84 Å². The predicted octanol–water partition coefficient (Wildman–Crippen LogP) is 2.87. The Morgan fingerprint density at radius 2 is 1.62 bits per heavy atom. The Morgan fingerprint density at radius 3 is 2.33 bits per heavy atom. The van der Waals surface area contributed by atoms with E-state index in [2.05, 4.69) is 0 Å². The SMILES string of the molecule is NCc1ccc(CS(=O)(=O)c2ccc3ccccc3c2)o1. The molecule has 0 fully saturated rings. The van der Waals surface area contributed by atoms with Crippen molar-refractivity contribution in [3.63, 3.8) is 0 Å². The van der Waals surface area contributed by atoms with E-state index < -0.39 is 9.84 Å². The fourth-order valence-corrected chi connectivity index (χ4v) is 3.52. The number of hydrogen-bond acceptors (Lipinski definition) is 4. The van der Waals surface area contributed by atoms with Gasteiger partial charge in [-0.05, 0) is 35.0 Å². The summed E-state index contributed by atoms with van der Waals surface area (Å²) in [5.41, 5.74) is 5.46. The highest BCUT2D eigenvalue weighted by molar-refractivity contribution is 7.90. The van der Waals surface area contributed by atoms with Crippen molar-refractivity contribution in [1.82, 2.24) is 0 Å². The van der Waals surface area contributed by atoms with Crippen molar-refractivity contribution in [2.24, 2.45) is 5.73 Å². The quantitative estimate of drug-likeness (QED) is 0.804. The number of sulfone groups is 1. The van der Waals surface area contributed by atoms with Crippen molar-refractivity contribution in [3.8, 4) is 0 Å². The van der Waals surface area contributed by atoms with Crippen LogP contribution in [0.15, 0.2) is 63.9 Å². The van der Waals surface area contributed by atoms with E-state index in [-0.39, 0.29) is 12.3 Å². The molecular formula is C16H15NO3S. The third-order valence-electron chi connectivity index (χ3n) is 3.33. The van der Waals surface area contributed by atoms with Gasteiger partial charge < -0.3 is 10.2 Å². The topological polar surface area (TPSA) is 73.3 Å². The van der Waals surface area contributed by atoms with Gasteiger partial charge in [-0.25, -0.2) is 8.42 Å². The van der Waals surface area contributed by atoms with E-state index in [1.807, 2.05) is 30.3 Å². The number of furan rings is 1. The van der Waals surface area contributed by atoms with E-state index in [4.69, 9.17) is 10.2 Å². The summed E-state index contributed by atoms with van der Waals surface area (Å²) in [7, 11) is -3.43. The number of fused-ring (bicyclic) bond motifs is 1. The lowest BCUT2D eigenvalue weighted by molar-refractivity contribution is 0.477. The van der Waals surface area contributed by atoms with Gasteiger partial charge in [0.05, 0.1) is 11.4 Å². The van der Waals surface area contributed by atoms with Crippen LogP contribution in [0.4, 0.5) is 0 Å². The van der Waals surface area contributed by atoms with Gasteiger partial charge in [0.1, 0.15) is 17.3 Å². The molecule has 2 N–H and O–H groups in total. The molecule has 0 radical (unpaired) electrons. The smallest absolute Gasteiger partial charge is 0.185 e. The lowest BCUT2D eigenvalue weighted by atomic mass is 10.1. The van der Waals surface area contributed by atoms with E-state index >= 15 is 0 Å². The zero-order chi connectivity index (χ0) is 14.9. The first-order valence-electron chi connectivity index (χ1n) is 6.58. The summed E-state index contributed by atoms with van der Waals surface area (Å²) in [5.74, 6) is 0.827. The Hall–Kier alpha value is -2.11. The molecule has 4 nitrogen and oxygen atoms in total. The Balaban J connectivity index is 1.95. The van der Waals surface area contributed by atoms with Crippen LogP contribution in [0, 0.1) is 0 Å². The van der Waals surface area contributed by atoms with Crippen molar-refractivity contribution >= 4 is 20.6 Å². The fourth-order valence-electron chi connectivity index (χ4n) is 2.24. The van der Waals surface area contributed by atoms with Crippen molar-refractivity contribution in [2.45, 2.75) is 17.2 Å². The molecule has 0 atom stereocenters. The molecule has 0 aliphatic rings. The highest BCUT2D eigenvalue weighted by Crippen LogP contribution is 2.22. The normalized spacial score (nSPS) is 11.9. The first kappa shape index (κ1) is 13.9. The molecule has 1 aromatic heterocycles. The van der Waals surface area contributed by atoms with E-state index in [1.54, 1.807) is 24.3 Å². The molecule has 0 saturated carbocycles. The summed E-state index contributed by atoms with van der Waals surface area (Å²) in [6, 6.07) is 16.1. The lowest BCUT2D eigenvalue weighted by Crippen LogP contribution is -2.04. The third-order valence-corrected chi connectivity index (χ3v) is 4.97. The first-order valence-corrected chi connectivity index (χ1v) is 8.23. The molecule has 0 aliphatic carbocycles. The largest absolute Gasteiger partial charge is 0.464 e. The zero-order valence-corrected chi connectivity index (χ0v) is 12.1. The molecule has 0 unspecified atom stereocenters. The second-order valence-corrected chi connectivity index (χ2v) is 6.83. The van der Waals surface area contributed by atoms with Crippen molar-refractivity contribution in [1.29, 1.82) is 0 Å². The molecular weight excluding hydrogens is 286 g/mol. The van der Waals surface area contributed by atoms with Crippen LogP contribution < -0.4 is 5.73 Å². The molecule has 21 heavy (non-hydrogen) atoms. The fraction of sp³-hybridized carbons (Fsp3) is 0.125. The molecule has 0 saturated heterocycles. The van der Waals surface area contributed by atoms with Crippen LogP contribution in [0.3, 0.4) is 0 Å². The summed E-state index contributed by atoms with van der Waals surface area (Å²) < 4.78 is 30.3. The standard InChI is InChI=1S/C16H15NO3S/c17-10-14-6-7-15(20-14)11-21(18,19)16-8-5-12-3-1-2-4-13(12)9-16/h1-9H,10-11,17H2. The van der Waals surface area contributed by atoms with Crippen LogP contribution in [0.2, 0.25) is 0 Å².